The van der Waals surface area contributed by atoms with Crippen molar-refractivity contribution in [3.05, 3.63) is 38.9 Å². The minimum atomic E-state index is 0.276. The van der Waals surface area contributed by atoms with Crippen molar-refractivity contribution in [2.75, 3.05) is 5.32 Å². The molecule has 96 valence electrons. The summed E-state index contributed by atoms with van der Waals surface area (Å²) in [4.78, 5) is 10.1. The molecule has 1 atom stereocenters. The Morgan fingerprint density at radius 3 is 2.72 bits per heavy atom. The summed E-state index contributed by atoms with van der Waals surface area (Å²) in [7, 11) is 0. The van der Waals surface area contributed by atoms with Crippen LogP contribution in [0, 0.1) is 13.8 Å². The molecule has 0 aliphatic rings. The summed E-state index contributed by atoms with van der Waals surface area (Å²) in [6.07, 6.45) is 0.961. The van der Waals surface area contributed by atoms with Gasteiger partial charge in [0.2, 0.25) is 0 Å². The van der Waals surface area contributed by atoms with E-state index >= 15 is 0 Å². The lowest BCUT2D eigenvalue weighted by atomic mass is 10.2. The third-order valence-corrected chi connectivity index (χ3v) is 3.90. The highest BCUT2D eigenvalue weighted by Gasteiger charge is 2.10. The molecule has 0 saturated carbocycles. The molecule has 2 heterocycles. The van der Waals surface area contributed by atoms with Crippen LogP contribution in [0.5, 0.6) is 0 Å². The number of rotatable bonds is 4. The van der Waals surface area contributed by atoms with Crippen LogP contribution in [0.4, 0.5) is 5.82 Å². The maximum atomic E-state index is 6.09. The number of anilines is 1. The van der Waals surface area contributed by atoms with E-state index in [2.05, 4.69) is 39.7 Å². The molecule has 0 spiro atoms. The third-order valence-electron chi connectivity index (χ3n) is 2.73. The molecule has 3 nitrogen and oxygen atoms in total. The molecule has 0 aliphatic heterocycles. The smallest absolute Gasteiger partial charge is 0.171 e. The second-order valence-corrected chi connectivity index (χ2v) is 5.75. The van der Waals surface area contributed by atoms with Crippen LogP contribution in [-0.2, 0) is 6.42 Å². The standard InChI is InChI=1S/C13H16ClN3S/c1-8(7-11-5-4-6-18-11)15-13-12(14)16-9(2)10(3)17-13/h4-6,8H,7H2,1-3H3,(H,15,17). The molecule has 0 saturated heterocycles. The van der Waals surface area contributed by atoms with Gasteiger partial charge in [-0.2, -0.15) is 0 Å². The van der Waals surface area contributed by atoms with Crippen LogP contribution in [-0.4, -0.2) is 16.0 Å². The molecule has 18 heavy (non-hydrogen) atoms. The van der Waals surface area contributed by atoms with Gasteiger partial charge in [-0.15, -0.1) is 11.3 Å². The number of thiophene rings is 1. The van der Waals surface area contributed by atoms with Crippen molar-refractivity contribution in [3.63, 3.8) is 0 Å². The highest BCUT2D eigenvalue weighted by molar-refractivity contribution is 7.09. The van der Waals surface area contributed by atoms with Crippen LogP contribution in [0.2, 0.25) is 5.15 Å². The summed E-state index contributed by atoms with van der Waals surface area (Å²) in [6.45, 7) is 5.97. The second-order valence-electron chi connectivity index (χ2n) is 4.36. The van der Waals surface area contributed by atoms with E-state index < -0.39 is 0 Å². The predicted molar refractivity (Wildman–Crippen MR) is 77.6 cm³/mol. The lowest BCUT2D eigenvalue weighted by molar-refractivity contribution is 0.790. The third kappa shape index (κ3) is 3.21. The van der Waals surface area contributed by atoms with Gasteiger partial charge in [0, 0.05) is 17.3 Å². The van der Waals surface area contributed by atoms with Gasteiger partial charge < -0.3 is 5.32 Å². The fourth-order valence-corrected chi connectivity index (χ4v) is 2.74. The Balaban J connectivity index is 2.07. The monoisotopic (exact) mass is 281 g/mol. The maximum Gasteiger partial charge on any atom is 0.171 e. The van der Waals surface area contributed by atoms with Crippen LogP contribution in [0.3, 0.4) is 0 Å². The first-order valence-electron chi connectivity index (χ1n) is 5.86. The predicted octanol–water partition coefficient (Wildman–Crippen LogP) is 3.85. The summed E-state index contributed by atoms with van der Waals surface area (Å²) < 4.78 is 0. The first-order valence-corrected chi connectivity index (χ1v) is 7.11. The normalized spacial score (nSPS) is 12.4. The lowest BCUT2D eigenvalue weighted by Crippen LogP contribution is -2.19. The molecule has 0 aliphatic carbocycles. The van der Waals surface area contributed by atoms with Crippen molar-refractivity contribution >= 4 is 28.8 Å². The molecule has 0 bridgehead atoms. The largest absolute Gasteiger partial charge is 0.365 e. The van der Waals surface area contributed by atoms with Crippen molar-refractivity contribution in [2.45, 2.75) is 33.2 Å². The summed E-state index contributed by atoms with van der Waals surface area (Å²) in [5.41, 5.74) is 1.78. The molecule has 0 radical (unpaired) electrons. The number of nitrogens with zero attached hydrogens (tertiary/aromatic N) is 2. The molecule has 0 amide bonds. The Morgan fingerprint density at radius 2 is 2.06 bits per heavy atom. The van der Waals surface area contributed by atoms with Gasteiger partial charge in [0.05, 0.1) is 11.4 Å². The van der Waals surface area contributed by atoms with E-state index in [-0.39, 0.29) is 6.04 Å². The molecule has 5 heteroatoms. The average molecular weight is 282 g/mol. The van der Waals surface area contributed by atoms with E-state index in [1.54, 1.807) is 11.3 Å². The molecule has 1 unspecified atom stereocenters. The van der Waals surface area contributed by atoms with Crippen LogP contribution in [0.1, 0.15) is 23.2 Å². The topological polar surface area (TPSA) is 37.8 Å². The van der Waals surface area contributed by atoms with Crippen molar-refractivity contribution in [1.29, 1.82) is 0 Å². The fourth-order valence-electron chi connectivity index (χ4n) is 1.68. The van der Waals surface area contributed by atoms with Gasteiger partial charge in [-0.05, 0) is 32.2 Å². The van der Waals surface area contributed by atoms with Gasteiger partial charge in [0.25, 0.3) is 0 Å². The molecular weight excluding hydrogens is 266 g/mol. The van der Waals surface area contributed by atoms with Crippen LogP contribution in [0.15, 0.2) is 17.5 Å². The molecular formula is C13H16ClN3S. The quantitative estimate of drug-likeness (QED) is 0.925. The van der Waals surface area contributed by atoms with E-state index in [9.17, 15) is 0 Å². The minimum absolute atomic E-state index is 0.276. The van der Waals surface area contributed by atoms with Gasteiger partial charge in [-0.3, -0.25) is 0 Å². The summed E-state index contributed by atoms with van der Waals surface area (Å²) >= 11 is 7.86. The van der Waals surface area contributed by atoms with Gasteiger partial charge in [-0.1, -0.05) is 17.7 Å². The van der Waals surface area contributed by atoms with Gasteiger partial charge in [0.15, 0.2) is 11.0 Å². The van der Waals surface area contributed by atoms with Crippen molar-refractivity contribution in [1.82, 2.24) is 9.97 Å². The SMILES string of the molecule is Cc1nc(Cl)c(NC(C)Cc2cccs2)nc1C. The van der Waals surface area contributed by atoms with Gasteiger partial charge in [0.1, 0.15) is 0 Å². The number of hydrogen-bond acceptors (Lipinski definition) is 4. The first kappa shape index (κ1) is 13.3. The summed E-state index contributed by atoms with van der Waals surface area (Å²) in [5, 5.41) is 5.85. The van der Waals surface area contributed by atoms with Gasteiger partial charge in [-0.25, -0.2) is 9.97 Å². The number of aromatic nitrogens is 2. The highest BCUT2D eigenvalue weighted by Crippen LogP contribution is 2.20. The van der Waals surface area contributed by atoms with Crippen LogP contribution >= 0.6 is 22.9 Å². The highest BCUT2D eigenvalue weighted by atomic mass is 35.5. The fraction of sp³-hybridized carbons (Fsp3) is 0.385. The number of aryl methyl sites for hydroxylation is 2. The Morgan fingerprint density at radius 1 is 1.33 bits per heavy atom. The summed E-state index contributed by atoms with van der Waals surface area (Å²) in [6, 6.07) is 4.48. The number of hydrogen-bond donors (Lipinski definition) is 1. The summed E-state index contributed by atoms with van der Waals surface area (Å²) in [5.74, 6) is 0.670. The van der Waals surface area contributed by atoms with Crippen molar-refractivity contribution in [3.8, 4) is 0 Å². The van der Waals surface area contributed by atoms with E-state index in [4.69, 9.17) is 11.6 Å². The Bertz CT molecular complexity index is 525. The minimum Gasteiger partial charge on any atom is -0.365 e. The molecule has 1 N–H and O–H groups in total. The zero-order valence-electron chi connectivity index (χ0n) is 10.7. The Labute approximate surface area is 116 Å². The zero-order valence-corrected chi connectivity index (χ0v) is 12.3. The number of nitrogens with one attached hydrogen (secondary N) is 1. The average Bonchev–Trinajstić information content (AvgIpc) is 2.78. The van der Waals surface area contributed by atoms with Crippen molar-refractivity contribution < 1.29 is 0 Å². The van der Waals surface area contributed by atoms with E-state index in [0.717, 1.165) is 17.8 Å². The van der Waals surface area contributed by atoms with Gasteiger partial charge >= 0.3 is 0 Å². The zero-order chi connectivity index (χ0) is 13.1. The van der Waals surface area contributed by atoms with E-state index in [1.165, 1.54) is 4.88 Å². The second kappa shape index (κ2) is 5.67. The Kier molecular flexibility index (Phi) is 4.19. The first-order chi connectivity index (χ1) is 8.56. The van der Waals surface area contributed by atoms with Crippen LogP contribution < -0.4 is 5.32 Å². The van der Waals surface area contributed by atoms with E-state index in [0.29, 0.717) is 11.0 Å². The van der Waals surface area contributed by atoms with Crippen molar-refractivity contribution in [2.24, 2.45) is 0 Å². The van der Waals surface area contributed by atoms with E-state index in [1.807, 2.05) is 13.8 Å². The molecule has 2 rings (SSSR count). The Hall–Kier alpha value is -1.13. The molecule has 0 fully saturated rings. The maximum absolute atomic E-state index is 6.09. The van der Waals surface area contributed by atoms with Crippen LogP contribution in [0.25, 0.3) is 0 Å². The lowest BCUT2D eigenvalue weighted by Gasteiger charge is -2.15. The molecule has 2 aromatic heterocycles. The molecule has 2 aromatic rings. The number of halogens is 1. The molecule has 0 aromatic carbocycles.